The van der Waals surface area contributed by atoms with Gasteiger partial charge in [0.05, 0.1) is 25.1 Å². The minimum atomic E-state index is -1.15. The minimum Gasteiger partial charge on any atom is -0.394 e. The molecule has 2 aromatic heterocycles. The lowest BCUT2D eigenvalue weighted by Gasteiger charge is -2.16. The number of nitrogens with zero attached hydrogens (tertiary/aromatic N) is 7. The largest absolute Gasteiger partial charge is 0.394 e. The van der Waals surface area contributed by atoms with E-state index in [0.717, 1.165) is 0 Å². The van der Waals surface area contributed by atoms with Gasteiger partial charge in [-0.2, -0.15) is 0 Å². The molecule has 0 spiro atoms. The number of ether oxygens (including phenoxy) is 1. The highest BCUT2D eigenvalue weighted by Crippen LogP contribution is 2.33. The first-order valence-electron chi connectivity index (χ1n) is 6.09. The normalized spacial score (nSPS) is 28.7. The molecule has 1 fully saturated rings. The second kappa shape index (κ2) is 5.14. The quantitative estimate of drug-likeness (QED) is 0.383. The molecule has 11 heteroatoms. The van der Waals surface area contributed by atoms with E-state index in [1.807, 2.05) is 0 Å². The molecule has 3 heterocycles. The van der Waals surface area contributed by atoms with E-state index in [2.05, 4.69) is 25.0 Å². The minimum absolute atomic E-state index is 0.205. The number of aliphatic hydroxyl groups excluding tert-OH is 2. The lowest BCUT2D eigenvalue weighted by molar-refractivity contribution is -0.0488. The Morgan fingerprint density at radius 3 is 3.00 bits per heavy atom. The number of imidazole rings is 1. The van der Waals surface area contributed by atoms with Crippen molar-refractivity contribution < 1.29 is 14.9 Å². The molecule has 4 atom stereocenters. The van der Waals surface area contributed by atoms with Crippen molar-refractivity contribution in [2.24, 2.45) is 5.11 Å². The summed E-state index contributed by atoms with van der Waals surface area (Å²) < 4.78 is 7.00. The second-order valence-electron chi connectivity index (χ2n) is 4.52. The smallest absolute Gasteiger partial charge is 0.167 e. The third kappa shape index (κ3) is 2.04. The molecule has 2 aromatic rings. The number of nitrogen functional groups attached to an aromatic ring is 1. The molecule has 1 aliphatic rings. The molecular weight excluding hydrogens is 280 g/mol. The summed E-state index contributed by atoms with van der Waals surface area (Å²) in [6, 6.07) is -0.901. The van der Waals surface area contributed by atoms with Gasteiger partial charge >= 0.3 is 0 Å². The summed E-state index contributed by atoms with van der Waals surface area (Å²) >= 11 is 0. The SMILES string of the molecule is [N-]=[N+]=NC1C(O)[C@H](n2cnc3c(N)ncnc32)O[C@@H]1CO. The third-order valence-corrected chi connectivity index (χ3v) is 3.36. The maximum atomic E-state index is 10.3. The summed E-state index contributed by atoms with van der Waals surface area (Å²) in [5, 5.41) is 23.0. The summed E-state index contributed by atoms with van der Waals surface area (Å²) in [4.78, 5) is 14.6. The summed E-state index contributed by atoms with van der Waals surface area (Å²) in [5.41, 5.74) is 15.0. The molecule has 0 radical (unpaired) electrons. The Balaban J connectivity index is 2.03. The third-order valence-electron chi connectivity index (χ3n) is 3.36. The highest BCUT2D eigenvalue weighted by Gasteiger charge is 2.44. The Hall–Kier alpha value is -2.46. The van der Waals surface area contributed by atoms with Gasteiger partial charge in [-0.1, -0.05) is 5.11 Å². The van der Waals surface area contributed by atoms with E-state index >= 15 is 0 Å². The fourth-order valence-electron chi connectivity index (χ4n) is 2.37. The van der Waals surface area contributed by atoms with Crippen LogP contribution in [0.3, 0.4) is 0 Å². The van der Waals surface area contributed by atoms with Crippen LogP contribution in [0.2, 0.25) is 0 Å². The van der Waals surface area contributed by atoms with Gasteiger partial charge in [-0.05, 0) is 5.53 Å². The number of nitrogens with two attached hydrogens (primary N) is 1. The molecular formula is C10H12N8O3. The highest BCUT2D eigenvalue weighted by molar-refractivity contribution is 5.81. The van der Waals surface area contributed by atoms with Crippen LogP contribution in [0, 0.1) is 0 Å². The second-order valence-corrected chi connectivity index (χ2v) is 4.52. The summed E-state index contributed by atoms with van der Waals surface area (Å²) in [6.45, 7) is -0.388. The molecule has 0 amide bonds. The van der Waals surface area contributed by atoms with Gasteiger partial charge < -0.3 is 20.7 Å². The molecule has 2 unspecified atom stereocenters. The highest BCUT2D eigenvalue weighted by atomic mass is 16.5. The molecule has 0 aliphatic carbocycles. The number of aromatic nitrogens is 4. The van der Waals surface area contributed by atoms with E-state index in [1.54, 1.807) is 0 Å². The van der Waals surface area contributed by atoms with E-state index in [0.29, 0.717) is 11.2 Å². The van der Waals surface area contributed by atoms with Crippen molar-refractivity contribution in [2.45, 2.75) is 24.5 Å². The molecule has 1 saturated heterocycles. The number of aliphatic hydroxyl groups is 2. The summed E-state index contributed by atoms with van der Waals surface area (Å²) in [7, 11) is 0. The zero-order chi connectivity index (χ0) is 15.0. The predicted molar refractivity (Wildman–Crippen MR) is 69.7 cm³/mol. The lowest BCUT2D eigenvalue weighted by Crippen LogP contribution is -2.31. The molecule has 0 aromatic carbocycles. The van der Waals surface area contributed by atoms with Gasteiger partial charge in [-0.15, -0.1) is 0 Å². The Morgan fingerprint density at radius 2 is 2.29 bits per heavy atom. The molecule has 11 nitrogen and oxygen atoms in total. The van der Waals surface area contributed by atoms with Crippen LogP contribution in [0.25, 0.3) is 21.6 Å². The Labute approximate surface area is 117 Å². The van der Waals surface area contributed by atoms with E-state index < -0.39 is 24.5 Å². The van der Waals surface area contributed by atoms with Crippen LogP contribution < -0.4 is 5.73 Å². The molecule has 0 bridgehead atoms. The van der Waals surface area contributed by atoms with E-state index in [1.165, 1.54) is 17.2 Å². The first kappa shape index (κ1) is 13.5. The van der Waals surface area contributed by atoms with Gasteiger partial charge in [0.1, 0.15) is 17.9 Å². The standard InChI is InChI=1S/C10H12N8O3/c11-8-6-9(14-2-13-8)18(3-15-6)10-7(20)5(16-17-12)4(1-19)21-10/h2-5,7,10,19-20H,1H2,(H2,11,13,14)/t4-,5?,7?,10-/m1/s1. The fraction of sp³-hybridized carbons (Fsp3) is 0.500. The average Bonchev–Trinajstić information content (AvgIpc) is 3.03. The molecule has 1 aliphatic heterocycles. The topological polar surface area (TPSA) is 168 Å². The maximum absolute atomic E-state index is 10.3. The number of fused-ring (bicyclic) bond motifs is 1. The summed E-state index contributed by atoms with van der Waals surface area (Å²) in [6.07, 6.45) is -0.177. The first-order chi connectivity index (χ1) is 10.2. The van der Waals surface area contributed by atoms with Gasteiger partial charge in [-0.25, -0.2) is 15.0 Å². The molecule has 110 valence electrons. The van der Waals surface area contributed by atoms with Crippen LogP contribution in [0.4, 0.5) is 5.82 Å². The number of azide groups is 1. The average molecular weight is 292 g/mol. The van der Waals surface area contributed by atoms with Crippen molar-refractivity contribution in [1.29, 1.82) is 0 Å². The van der Waals surface area contributed by atoms with Gasteiger partial charge in [0.2, 0.25) is 0 Å². The van der Waals surface area contributed by atoms with Crippen LogP contribution in [0.5, 0.6) is 0 Å². The van der Waals surface area contributed by atoms with Gasteiger partial charge in [0.15, 0.2) is 17.7 Å². The van der Waals surface area contributed by atoms with Crippen LogP contribution in [0.15, 0.2) is 17.8 Å². The number of rotatable bonds is 3. The molecule has 21 heavy (non-hydrogen) atoms. The first-order valence-corrected chi connectivity index (χ1v) is 6.09. The zero-order valence-corrected chi connectivity index (χ0v) is 10.7. The number of anilines is 1. The Bertz CT molecular complexity index is 711. The molecule has 0 saturated carbocycles. The molecule has 3 rings (SSSR count). The van der Waals surface area contributed by atoms with Crippen LogP contribution in [-0.2, 0) is 4.74 Å². The van der Waals surface area contributed by atoms with E-state index in [-0.39, 0.29) is 12.4 Å². The van der Waals surface area contributed by atoms with Gasteiger partial charge in [0.25, 0.3) is 0 Å². The molecule has 4 N–H and O–H groups in total. The van der Waals surface area contributed by atoms with Crippen LogP contribution in [0.1, 0.15) is 6.23 Å². The van der Waals surface area contributed by atoms with Crippen LogP contribution >= 0.6 is 0 Å². The Kier molecular flexibility index (Phi) is 3.31. The predicted octanol–water partition coefficient (Wildman–Crippen LogP) is -0.662. The van der Waals surface area contributed by atoms with Gasteiger partial charge in [0, 0.05) is 4.91 Å². The van der Waals surface area contributed by atoms with Crippen molar-refractivity contribution in [1.82, 2.24) is 19.5 Å². The van der Waals surface area contributed by atoms with Crippen molar-refractivity contribution in [3.05, 3.63) is 23.1 Å². The Morgan fingerprint density at radius 1 is 1.48 bits per heavy atom. The van der Waals surface area contributed by atoms with Crippen molar-refractivity contribution in [3.63, 3.8) is 0 Å². The van der Waals surface area contributed by atoms with Crippen molar-refractivity contribution >= 4 is 17.0 Å². The summed E-state index contributed by atoms with van der Waals surface area (Å²) in [5.74, 6) is 0.205. The maximum Gasteiger partial charge on any atom is 0.167 e. The fourth-order valence-corrected chi connectivity index (χ4v) is 2.37. The number of hydrogen-bond donors (Lipinski definition) is 3. The van der Waals surface area contributed by atoms with Crippen LogP contribution in [-0.4, -0.2) is 54.6 Å². The van der Waals surface area contributed by atoms with Crippen molar-refractivity contribution in [3.8, 4) is 0 Å². The van der Waals surface area contributed by atoms with E-state index in [4.69, 9.17) is 16.0 Å². The van der Waals surface area contributed by atoms with E-state index in [9.17, 15) is 10.2 Å². The zero-order valence-electron chi connectivity index (χ0n) is 10.7. The monoisotopic (exact) mass is 292 g/mol. The van der Waals surface area contributed by atoms with Crippen molar-refractivity contribution in [2.75, 3.05) is 12.3 Å². The lowest BCUT2D eigenvalue weighted by atomic mass is 10.1. The van der Waals surface area contributed by atoms with Gasteiger partial charge in [-0.3, -0.25) is 4.57 Å². The number of hydrogen-bond acceptors (Lipinski definition) is 8.